The Balaban J connectivity index is 1.56. The zero-order chi connectivity index (χ0) is 21.7. The summed E-state index contributed by atoms with van der Waals surface area (Å²) in [4.78, 5) is 12.4. The Hall–Kier alpha value is -2.82. The maximum absolute atomic E-state index is 12.4. The van der Waals surface area contributed by atoms with E-state index in [-0.39, 0.29) is 23.2 Å². The summed E-state index contributed by atoms with van der Waals surface area (Å²) in [5, 5.41) is 4.13. The van der Waals surface area contributed by atoms with Crippen LogP contribution in [-0.4, -0.2) is 25.3 Å². The lowest BCUT2D eigenvalue weighted by atomic mass is 9.86. The highest BCUT2D eigenvalue weighted by Crippen LogP contribution is 2.47. The number of carbonyl (C=O) groups is 1. The van der Waals surface area contributed by atoms with Crippen molar-refractivity contribution in [1.29, 1.82) is 0 Å². The molecule has 0 bridgehead atoms. The zero-order valence-corrected chi connectivity index (χ0v) is 18.6. The van der Waals surface area contributed by atoms with E-state index in [1.165, 1.54) is 11.1 Å². The highest BCUT2D eigenvalue weighted by atomic mass is 16.5. The van der Waals surface area contributed by atoms with E-state index in [4.69, 9.17) is 9.47 Å². The molecule has 0 aromatic heterocycles. The molecule has 5 heteroatoms. The van der Waals surface area contributed by atoms with Crippen LogP contribution in [0.15, 0.2) is 47.6 Å². The molecule has 1 aliphatic rings. The lowest BCUT2D eigenvalue weighted by molar-refractivity contribution is -0.122. The van der Waals surface area contributed by atoms with Gasteiger partial charge in [-0.1, -0.05) is 45.0 Å². The third-order valence-electron chi connectivity index (χ3n) is 5.29. The molecule has 1 aliphatic carbocycles. The Kier molecular flexibility index (Phi) is 6.80. The standard InChI is InChI=1S/C25H32N2O3/c1-6-29-22-13-8-17(14-23(22)30-7-2)16-26-27-24(28)21-15-20(21)18-9-11-19(12-10-18)25(3,4)5/h8-14,16,20-21H,6-7,15H2,1-5H3,(H,27,28)/b26-16+/t20-,21-/m1/s1. The summed E-state index contributed by atoms with van der Waals surface area (Å²) in [7, 11) is 0. The van der Waals surface area contributed by atoms with Gasteiger partial charge in [-0.25, -0.2) is 5.43 Å². The van der Waals surface area contributed by atoms with Gasteiger partial charge in [-0.2, -0.15) is 5.10 Å². The number of rotatable bonds is 8. The Morgan fingerprint density at radius 2 is 1.73 bits per heavy atom. The molecule has 0 radical (unpaired) electrons. The molecule has 30 heavy (non-hydrogen) atoms. The molecular formula is C25H32N2O3. The number of carbonyl (C=O) groups excluding carboxylic acids is 1. The number of amides is 1. The molecule has 0 aliphatic heterocycles. The van der Waals surface area contributed by atoms with Crippen molar-refractivity contribution in [3.8, 4) is 11.5 Å². The van der Waals surface area contributed by atoms with E-state index in [1.54, 1.807) is 6.21 Å². The van der Waals surface area contributed by atoms with Gasteiger partial charge in [0, 0.05) is 5.92 Å². The van der Waals surface area contributed by atoms with Crippen LogP contribution in [0.25, 0.3) is 0 Å². The second kappa shape index (κ2) is 9.33. The first-order valence-corrected chi connectivity index (χ1v) is 10.7. The molecule has 1 N–H and O–H groups in total. The molecule has 5 nitrogen and oxygen atoms in total. The molecule has 0 spiro atoms. The minimum absolute atomic E-state index is 0.0121. The summed E-state index contributed by atoms with van der Waals surface area (Å²) in [5.41, 5.74) is 6.18. The lowest BCUT2D eigenvalue weighted by Gasteiger charge is -2.19. The van der Waals surface area contributed by atoms with E-state index < -0.39 is 0 Å². The normalized spacial score (nSPS) is 18.3. The van der Waals surface area contributed by atoms with Gasteiger partial charge in [0.2, 0.25) is 5.91 Å². The molecular weight excluding hydrogens is 376 g/mol. The summed E-state index contributed by atoms with van der Waals surface area (Å²) >= 11 is 0. The first-order valence-electron chi connectivity index (χ1n) is 10.7. The van der Waals surface area contributed by atoms with Crippen molar-refractivity contribution in [3.63, 3.8) is 0 Å². The van der Waals surface area contributed by atoms with E-state index in [0.29, 0.717) is 24.7 Å². The molecule has 3 rings (SSSR count). The van der Waals surface area contributed by atoms with Gasteiger partial charge in [0.1, 0.15) is 0 Å². The SMILES string of the molecule is CCOc1ccc(/C=N/NC(=O)[C@@H]2C[C@@H]2c2ccc(C(C)(C)C)cc2)cc1OCC. The predicted octanol–water partition coefficient (Wildman–Crippen LogP) is 5.04. The van der Waals surface area contributed by atoms with Crippen molar-refractivity contribution in [3.05, 3.63) is 59.2 Å². The van der Waals surface area contributed by atoms with Crippen LogP contribution >= 0.6 is 0 Å². The van der Waals surface area contributed by atoms with Crippen molar-refractivity contribution < 1.29 is 14.3 Å². The molecule has 1 saturated carbocycles. The number of nitrogens with zero attached hydrogens (tertiary/aromatic N) is 1. The Morgan fingerprint density at radius 1 is 1.07 bits per heavy atom. The third-order valence-corrected chi connectivity index (χ3v) is 5.29. The van der Waals surface area contributed by atoms with Crippen LogP contribution in [0.2, 0.25) is 0 Å². The van der Waals surface area contributed by atoms with Crippen LogP contribution in [0, 0.1) is 5.92 Å². The Bertz CT molecular complexity index is 898. The smallest absolute Gasteiger partial charge is 0.243 e. The fourth-order valence-electron chi connectivity index (χ4n) is 3.48. The van der Waals surface area contributed by atoms with Gasteiger partial charge < -0.3 is 9.47 Å². The van der Waals surface area contributed by atoms with Crippen LogP contribution in [-0.2, 0) is 10.2 Å². The molecule has 1 amide bonds. The van der Waals surface area contributed by atoms with Gasteiger partial charge in [-0.15, -0.1) is 0 Å². The van der Waals surface area contributed by atoms with Gasteiger partial charge in [0.25, 0.3) is 0 Å². The number of hydrogen-bond donors (Lipinski definition) is 1. The summed E-state index contributed by atoms with van der Waals surface area (Å²) in [5.74, 6) is 1.62. The van der Waals surface area contributed by atoms with Crippen molar-refractivity contribution in [1.82, 2.24) is 5.43 Å². The summed E-state index contributed by atoms with van der Waals surface area (Å²) in [6.45, 7) is 11.6. The molecule has 0 saturated heterocycles. The molecule has 0 heterocycles. The number of hydrazone groups is 1. The van der Waals surface area contributed by atoms with Crippen molar-refractivity contribution in [2.45, 2.75) is 52.4 Å². The summed E-state index contributed by atoms with van der Waals surface area (Å²) < 4.78 is 11.2. The largest absolute Gasteiger partial charge is 0.490 e. The van der Waals surface area contributed by atoms with E-state index in [0.717, 1.165) is 12.0 Å². The van der Waals surface area contributed by atoms with Crippen LogP contribution in [0.5, 0.6) is 11.5 Å². The van der Waals surface area contributed by atoms with Crippen molar-refractivity contribution >= 4 is 12.1 Å². The fraction of sp³-hybridized carbons (Fsp3) is 0.440. The van der Waals surface area contributed by atoms with Crippen LogP contribution in [0.4, 0.5) is 0 Å². The summed E-state index contributed by atoms with van der Waals surface area (Å²) in [6.07, 6.45) is 2.50. The zero-order valence-electron chi connectivity index (χ0n) is 18.6. The van der Waals surface area contributed by atoms with Gasteiger partial charge in [-0.3, -0.25) is 4.79 Å². The Labute approximate surface area is 179 Å². The molecule has 2 atom stereocenters. The maximum atomic E-state index is 12.4. The van der Waals surface area contributed by atoms with Gasteiger partial charge >= 0.3 is 0 Å². The molecule has 2 aromatic rings. The van der Waals surface area contributed by atoms with E-state index >= 15 is 0 Å². The van der Waals surface area contributed by atoms with Crippen molar-refractivity contribution in [2.75, 3.05) is 13.2 Å². The monoisotopic (exact) mass is 408 g/mol. The Morgan fingerprint density at radius 3 is 2.37 bits per heavy atom. The van der Waals surface area contributed by atoms with Crippen LogP contribution in [0.3, 0.4) is 0 Å². The second-order valence-electron chi connectivity index (χ2n) is 8.63. The number of hydrogen-bond acceptors (Lipinski definition) is 4. The molecule has 0 unspecified atom stereocenters. The van der Waals surface area contributed by atoms with Crippen LogP contribution in [0.1, 0.15) is 63.6 Å². The first-order chi connectivity index (χ1) is 14.3. The van der Waals surface area contributed by atoms with Gasteiger partial charge in [-0.05, 0) is 66.5 Å². The number of nitrogens with one attached hydrogen (secondary N) is 1. The molecule has 160 valence electrons. The highest BCUT2D eigenvalue weighted by molar-refractivity contribution is 5.86. The minimum Gasteiger partial charge on any atom is -0.490 e. The minimum atomic E-state index is -0.0351. The first kappa shape index (κ1) is 21.9. The van der Waals surface area contributed by atoms with Crippen molar-refractivity contribution in [2.24, 2.45) is 11.0 Å². The molecule has 2 aromatic carbocycles. The van der Waals surface area contributed by atoms with E-state index in [9.17, 15) is 4.79 Å². The van der Waals surface area contributed by atoms with E-state index in [2.05, 4.69) is 55.6 Å². The number of benzene rings is 2. The quantitative estimate of drug-likeness (QED) is 0.492. The molecule has 1 fully saturated rings. The fourth-order valence-corrected chi connectivity index (χ4v) is 3.48. The predicted molar refractivity (Wildman–Crippen MR) is 121 cm³/mol. The lowest BCUT2D eigenvalue weighted by Crippen LogP contribution is -2.20. The summed E-state index contributed by atoms with van der Waals surface area (Å²) in [6, 6.07) is 14.2. The highest BCUT2D eigenvalue weighted by Gasteiger charge is 2.44. The second-order valence-corrected chi connectivity index (χ2v) is 8.63. The van der Waals surface area contributed by atoms with Crippen LogP contribution < -0.4 is 14.9 Å². The van der Waals surface area contributed by atoms with E-state index in [1.807, 2.05) is 32.0 Å². The topological polar surface area (TPSA) is 59.9 Å². The average molecular weight is 409 g/mol. The number of ether oxygens (including phenoxy) is 2. The van der Waals surface area contributed by atoms with Gasteiger partial charge in [0.15, 0.2) is 11.5 Å². The third kappa shape index (κ3) is 5.41. The average Bonchev–Trinajstić information content (AvgIpc) is 3.51. The van der Waals surface area contributed by atoms with Gasteiger partial charge in [0.05, 0.1) is 19.4 Å². The maximum Gasteiger partial charge on any atom is 0.243 e.